The largest absolute Gasteiger partial charge is 0.497 e. The van der Waals surface area contributed by atoms with E-state index in [0.717, 1.165) is 19.4 Å². The number of halogens is 1. The Labute approximate surface area is 106 Å². The van der Waals surface area contributed by atoms with E-state index >= 15 is 0 Å². The second kappa shape index (κ2) is 7.06. The summed E-state index contributed by atoms with van der Waals surface area (Å²) in [6.07, 6.45) is 2.15. The van der Waals surface area contributed by atoms with E-state index in [1.807, 2.05) is 0 Å². The van der Waals surface area contributed by atoms with Gasteiger partial charge in [0.15, 0.2) is 5.11 Å². The lowest BCUT2D eigenvalue weighted by Crippen LogP contribution is -2.29. The Morgan fingerprint density at radius 3 is 2.82 bits per heavy atom. The van der Waals surface area contributed by atoms with Gasteiger partial charge >= 0.3 is 0 Å². The van der Waals surface area contributed by atoms with Crippen molar-refractivity contribution in [1.82, 2.24) is 5.32 Å². The first-order chi connectivity index (χ1) is 8.15. The predicted octanol–water partition coefficient (Wildman–Crippen LogP) is 2.92. The van der Waals surface area contributed by atoms with Crippen LogP contribution in [0.15, 0.2) is 18.2 Å². The molecule has 0 bridgehead atoms. The van der Waals surface area contributed by atoms with Crippen molar-refractivity contribution in [3.05, 3.63) is 24.0 Å². The first-order valence-corrected chi connectivity index (χ1v) is 5.96. The highest BCUT2D eigenvalue weighted by Crippen LogP contribution is 2.19. The van der Waals surface area contributed by atoms with E-state index in [1.54, 1.807) is 6.07 Å². The first-order valence-electron chi connectivity index (χ1n) is 5.55. The number of anilines is 1. The molecule has 0 atom stereocenters. The van der Waals surface area contributed by atoms with Gasteiger partial charge in [0.05, 0.1) is 7.11 Å². The van der Waals surface area contributed by atoms with Crippen LogP contribution in [0.1, 0.15) is 19.8 Å². The summed E-state index contributed by atoms with van der Waals surface area (Å²) in [5.41, 5.74) is 0.579. The highest BCUT2D eigenvalue weighted by Gasteiger charge is 2.02. The maximum atomic E-state index is 13.2. The fourth-order valence-electron chi connectivity index (χ4n) is 1.31. The molecule has 0 saturated heterocycles. The third kappa shape index (κ3) is 4.99. The van der Waals surface area contributed by atoms with E-state index in [1.165, 1.54) is 19.2 Å². The summed E-state index contributed by atoms with van der Waals surface area (Å²) in [5, 5.41) is 6.45. The molecule has 0 radical (unpaired) electrons. The van der Waals surface area contributed by atoms with E-state index < -0.39 is 0 Å². The molecule has 0 fully saturated rings. The van der Waals surface area contributed by atoms with E-state index in [4.69, 9.17) is 17.0 Å². The number of nitrogens with one attached hydrogen (secondary N) is 2. The molecule has 0 aliphatic rings. The molecule has 94 valence electrons. The van der Waals surface area contributed by atoms with Crippen LogP contribution in [0, 0.1) is 5.82 Å². The average molecular weight is 256 g/mol. The Hall–Kier alpha value is -1.36. The van der Waals surface area contributed by atoms with Crippen LogP contribution in [0.2, 0.25) is 0 Å². The van der Waals surface area contributed by atoms with Gasteiger partial charge in [-0.3, -0.25) is 0 Å². The van der Waals surface area contributed by atoms with Crippen LogP contribution in [-0.4, -0.2) is 18.8 Å². The fourth-order valence-corrected chi connectivity index (χ4v) is 1.53. The molecule has 0 aliphatic heterocycles. The molecule has 5 heteroatoms. The topological polar surface area (TPSA) is 33.3 Å². The van der Waals surface area contributed by atoms with Crippen LogP contribution in [-0.2, 0) is 0 Å². The van der Waals surface area contributed by atoms with Crippen molar-refractivity contribution < 1.29 is 9.13 Å². The van der Waals surface area contributed by atoms with E-state index in [9.17, 15) is 4.39 Å². The van der Waals surface area contributed by atoms with Gasteiger partial charge in [-0.1, -0.05) is 13.3 Å². The highest BCUT2D eigenvalue weighted by molar-refractivity contribution is 7.80. The maximum Gasteiger partial charge on any atom is 0.170 e. The van der Waals surface area contributed by atoms with Crippen molar-refractivity contribution >= 4 is 23.0 Å². The van der Waals surface area contributed by atoms with E-state index in [0.29, 0.717) is 16.5 Å². The van der Waals surface area contributed by atoms with Gasteiger partial charge in [-0.25, -0.2) is 4.39 Å². The van der Waals surface area contributed by atoms with Gasteiger partial charge < -0.3 is 15.4 Å². The van der Waals surface area contributed by atoms with Gasteiger partial charge in [-0.15, -0.1) is 0 Å². The van der Waals surface area contributed by atoms with Crippen molar-refractivity contribution in [2.75, 3.05) is 19.0 Å². The molecule has 17 heavy (non-hydrogen) atoms. The molecule has 3 nitrogen and oxygen atoms in total. The summed E-state index contributed by atoms with van der Waals surface area (Å²) < 4.78 is 18.2. The molecular weight excluding hydrogens is 239 g/mol. The lowest BCUT2D eigenvalue weighted by Gasteiger charge is -2.11. The van der Waals surface area contributed by atoms with Crippen LogP contribution in [0.4, 0.5) is 10.1 Å². The molecule has 0 aliphatic carbocycles. The van der Waals surface area contributed by atoms with Gasteiger partial charge in [0.2, 0.25) is 0 Å². The number of ether oxygens (including phenoxy) is 1. The quantitative estimate of drug-likeness (QED) is 0.627. The second-order valence-corrected chi connectivity index (χ2v) is 4.02. The van der Waals surface area contributed by atoms with Gasteiger partial charge in [-0.2, -0.15) is 0 Å². The van der Waals surface area contributed by atoms with Crippen molar-refractivity contribution in [2.24, 2.45) is 0 Å². The number of thiocarbonyl (C=S) groups is 1. The van der Waals surface area contributed by atoms with Crippen molar-refractivity contribution in [3.63, 3.8) is 0 Å². The number of rotatable bonds is 5. The van der Waals surface area contributed by atoms with Crippen LogP contribution in [0.25, 0.3) is 0 Å². The molecule has 1 aromatic carbocycles. The highest BCUT2D eigenvalue weighted by atomic mass is 32.1. The zero-order valence-corrected chi connectivity index (χ0v) is 10.9. The van der Waals surface area contributed by atoms with Crippen molar-refractivity contribution in [3.8, 4) is 5.75 Å². The molecule has 0 heterocycles. The van der Waals surface area contributed by atoms with Gasteiger partial charge in [0.25, 0.3) is 0 Å². The summed E-state index contributed by atoms with van der Waals surface area (Å²) in [5.74, 6) is 0.104. The second-order valence-electron chi connectivity index (χ2n) is 3.61. The number of hydrogen-bond acceptors (Lipinski definition) is 2. The van der Waals surface area contributed by atoms with Crippen LogP contribution >= 0.6 is 12.2 Å². The fraction of sp³-hybridized carbons (Fsp3) is 0.417. The smallest absolute Gasteiger partial charge is 0.170 e. The van der Waals surface area contributed by atoms with Crippen LogP contribution < -0.4 is 15.4 Å². The zero-order chi connectivity index (χ0) is 12.7. The van der Waals surface area contributed by atoms with Crippen molar-refractivity contribution in [1.29, 1.82) is 0 Å². The van der Waals surface area contributed by atoms with E-state index in [-0.39, 0.29) is 5.82 Å². The first kappa shape index (κ1) is 13.7. The Morgan fingerprint density at radius 2 is 2.18 bits per heavy atom. The SMILES string of the molecule is CCCCNC(=S)Nc1cc(F)cc(OC)c1. The summed E-state index contributed by atoms with van der Waals surface area (Å²) in [6.45, 7) is 2.92. The lowest BCUT2D eigenvalue weighted by molar-refractivity contribution is 0.411. The minimum atomic E-state index is -0.358. The number of hydrogen-bond donors (Lipinski definition) is 2. The minimum absolute atomic E-state index is 0.358. The molecule has 0 amide bonds. The van der Waals surface area contributed by atoms with Gasteiger partial charge in [0, 0.05) is 24.4 Å². The van der Waals surface area contributed by atoms with E-state index in [2.05, 4.69) is 17.6 Å². The van der Waals surface area contributed by atoms with Gasteiger partial charge in [-0.05, 0) is 24.7 Å². The van der Waals surface area contributed by atoms with Crippen LogP contribution in [0.3, 0.4) is 0 Å². The Bertz CT molecular complexity index is 385. The summed E-state index contributed by atoms with van der Waals surface area (Å²) in [7, 11) is 1.50. The molecule has 0 unspecified atom stereocenters. The molecule has 2 N–H and O–H groups in total. The van der Waals surface area contributed by atoms with Crippen LogP contribution in [0.5, 0.6) is 5.75 Å². The average Bonchev–Trinajstić information content (AvgIpc) is 2.28. The Morgan fingerprint density at radius 1 is 1.41 bits per heavy atom. The Balaban J connectivity index is 2.55. The molecule has 0 saturated carbocycles. The number of unbranched alkanes of at least 4 members (excludes halogenated alkanes) is 1. The predicted molar refractivity (Wildman–Crippen MR) is 72.1 cm³/mol. The molecule has 0 aromatic heterocycles. The minimum Gasteiger partial charge on any atom is -0.497 e. The molecular formula is C12H17FN2OS. The van der Waals surface area contributed by atoms with Gasteiger partial charge in [0.1, 0.15) is 11.6 Å². The van der Waals surface area contributed by atoms with Crippen molar-refractivity contribution in [2.45, 2.75) is 19.8 Å². The summed E-state index contributed by atoms with van der Waals surface area (Å²) in [4.78, 5) is 0. The number of methoxy groups -OCH3 is 1. The standard InChI is InChI=1S/C12H17FN2OS/c1-3-4-5-14-12(17)15-10-6-9(13)7-11(8-10)16-2/h6-8H,3-5H2,1-2H3,(H2,14,15,17). The Kier molecular flexibility index (Phi) is 5.69. The molecule has 1 rings (SSSR count). The normalized spacial score (nSPS) is 9.82. The zero-order valence-electron chi connectivity index (χ0n) is 10.0. The molecule has 0 spiro atoms. The summed E-state index contributed by atoms with van der Waals surface area (Å²) in [6, 6.07) is 4.38. The summed E-state index contributed by atoms with van der Waals surface area (Å²) >= 11 is 5.09. The molecule has 1 aromatic rings. The lowest BCUT2D eigenvalue weighted by atomic mass is 10.3. The maximum absolute atomic E-state index is 13.2. The third-order valence-electron chi connectivity index (χ3n) is 2.18. The third-order valence-corrected chi connectivity index (χ3v) is 2.43. The number of benzene rings is 1. The monoisotopic (exact) mass is 256 g/mol.